The van der Waals surface area contributed by atoms with E-state index in [1.807, 2.05) is 24.0 Å². The number of fused-ring (bicyclic) bond motifs is 1. The molecule has 10 heteroatoms. The summed E-state index contributed by atoms with van der Waals surface area (Å²) in [6.45, 7) is 4.48. The summed E-state index contributed by atoms with van der Waals surface area (Å²) >= 11 is 0. The number of alkyl halides is 3. The average Bonchev–Trinajstić information content (AvgIpc) is 3.68. The molecule has 36 heavy (non-hydrogen) atoms. The highest BCUT2D eigenvalue weighted by atomic mass is 19.4. The van der Waals surface area contributed by atoms with Crippen LogP contribution in [0.3, 0.4) is 0 Å². The lowest BCUT2D eigenvalue weighted by Gasteiger charge is -2.39. The molecule has 0 spiro atoms. The molecule has 1 N–H and O–H groups in total. The predicted molar refractivity (Wildman–Crippen MR) is 132 cm³/mol. The number of nitrogens with zero attached hydrogens (tertiary/aromatic N) is 4. The maximum Gasteiger partial charge on any atom is 0.403 e. The molecule has 0 bridgehead atoms. The number of aryl methyl sites for hydroxylation is 1. The molecule has 1 aliphatic heterocycles. The van der Waals surface area contributed by atoms with Crippen molar-refractivity contribution in [3.8, 4) is 5.69 Å². The number of halogens is 3. The Kier molecular flexibility index (Phi) is 6.23. The topological polar surface area (TPSA) is 70.5 Å². The zero-order chi connectivity index (χ0) is 25.6. The third-order valence-electron chi connectivity index (χ3n) is 7.09. The van der Waals surface area contributed by atoms with Crippen LogP contribution >= 0.6 is 0 Å². The van der Waals surface area contributed by atoms with Crippen molar-refractivity contribution in [1.82, 2.24) is 19.8 Å². The zero-order valence-electron chi connectivity index (χ0n) is 20.2. The smallest absolute Gasteiger partial charge is 0.369 e. The van der Waals surface area contributed by atoms with Crippen molar-refractivity contribution in [2.45, 2.75) is 44.9 Å². The van der Waals surface area contributed by atoms with E-state index in [4.69, 9.17) is 0 Å². The molecule has 3 aromatic rings. The van der Waals surface area contributed by atoms with Crippen molar-refractivity contribution in [1.29, 1.82) is 0 Å². The fraction of sp³-hybridized carbons (Fsp3) is 0.423. The molecule has 1 atom stereocenters. The number of piperazine rings is 1. The Balaban J connectivity index is 1.42. The monoisotopic (exact) mass is 499 g/mol. The lowest BCUT2D eigenvalue weighted by atomic mass is 10.1. The summed E-state index contributed by atoms with van der Waals surface area (Å²) in [5.41, 5.74) is 2.92. The highest BCUT2D eigenvalue weighted by molar-refractivity contribution is 5.95. The van der Waals surface area contributed by atoms with E-state index in [-0.39, 0.29) is 30.6 Å². The number of nitrogens with one attached hydrogen (secondary N) is 1. The number of hydrogen-bond acceptors (Lipinski definition) is 5. The molecule has 1 saturated carbocycles. The van der Waals surface area contributed by atoms with Crippen molar-refractivity contribution in [2.24, 2.45) is 0 Å². The normalized spacial score (nSPS) is 17.9. The summed E-state index contributed by atoms with van der Waals surface area (Å²) in [6.07, 6.45) is -0.822. The average molecular weight is 500 g/mol. The Hall–Kier alpha value is -3.40. The minimum Gasteiger partial charge on any atom is -0.369 e. The number of carbonyl (C=O) groups excluding carboxylic acids is 1. The van der Waals surface area contributed by atoms with Crippen molar-refractivity contribution in [2.75, 3.05) is 31.1 Å². The summed E-state index contributed by atoms with van der Waals surface area (Å²) in [7, 11) is 0. The first-order valence-corrected chi connectivity index (χ1v) is 12.1. The van der Waals surface area contributed by atoms with Gasteiger partial charge in [0.2, 0.25) is 0 Å². The quantitative estimate of drug-likeness (QED) is 0.580. The van der Waals surface area contributed by atoms with Gasteiger partial charge in [0.1, 0.15) is 12.4 Å². The Morgan fingerprint density at radius 3 is 2.47 bits per heavy atom. The third-order valence-corrected chi connectivity index (χ3v) is 7.09. The van der Waals surface area contributed by atoms with E-state index < -0.39 is 12.2 Å². The molecule has 2 fully saturated rings. The molecule has 1 amide bonds. The van der Waals surface area contributed by atoms with E-state index >= 15 is 0 Å². The Labute approximate surface area is 206 Å². The lowest BCUT2D eigenvalue weighted by Crippen LogP contribution is -2.53. The highest BCUT2D eigenvalue weighted by Crippen LogP contribution is 2.27. The highest BCUT2D eigenvalue weighted by Gasteiger charge is 2.40. The van der Waals surface area contributed by atoms with Crippen LogP contribution in [-0.2, 0) is 0 Å². The molecule has 0 radical (unpaired) electrons. The van der Waals surface area contributed by atoms with Gasteiger partial charge in [-0.15, -0.1) is 0 Å². The molecule has 2 aliphatic rings. The number of anilines is 1. The van der Waals surface area contributed by atoms with Crippen molar-refractivity contribution in [3.63, 3.8) is 0 Å². The standard InChI is InChI=1S/C26H28F3N5O2/c1-16-3-4-18(24(35)31-19-5-6-19)13-23(16)34-15-30-22-8-7-20(14-21(22)25(34)36)33-11-9-32(10-12-33)17(2)26(27,28)29/h3-4,7-8,13-15,17,19H,5-6,9-12H2,1-2H3,(H,31,35). The first kappa shape index (κ1) is 24.3. The fourth-order valence-corrected chi connectivity index (χ4v) is 4.56. The summed E-state index contributed by atoms with van der Waals surface area (Å²) in [6, 6.07) is 9.35. The molecular weight excluding hydrogens is 471 g/mol. The third kappa shape index (κ3) is 4.82. The number of aromatic nitrogens is 2. The van der Waals surface area contributed by atoms with Gasteiger partial charge < -0.3 is 10.2 Å². The number of benzene rings is 2. The summed E-state index contributed by atoms with van der Waals surface area (Å²) in [5.74, 6) is -0.165. The van der Waals surface area contributed by atoms with E-state index in [1.54, 1.807) is 24.3 Å². The molecule has 1 saturated heterocycles. The van der Waals surface area contributed by atoms with Crippen LogP contribution in [0.15, 0.2) is 47.5 Å². The Bertz CT molecular complexity index is 1360. The van der Waals surface area contributed by atoms with Gasteiger partial charge in [0.15, 0.2) is 0 Å². The first-order valence-electron chi connectivity index (χ1n) is 12.1. The Morgan fingerprint density at radius 2 is 1.81 bits per heavy atom. The molecule has 7 nitrogen and oxygen atoms in total. The van der Waals surface area contributed by atoms with Gasteiger partial charge in [-0.1, -0.05) is 6.07 Å². The van der Waals surface area contributed by atoms with E-state index in [0.29, 0.717) is 35.2 Å². The fourth-order valence-electron chi connectivity index (χ4n) is 4.56. The molecule has 1 aromatic heterocycles. The predicted octanol–water partition coefficient (Wildman–Crippen LogP) is 3.66. The molecule has 2 heterocycles. The molecule has 190 valence electrons. The summed E-state index contributed by atoms with van der Waals surface area (Å²) < 4.78 is 40.7. The van der Waals surface area contributed by atoms with Crippen LogP contribution in [0, 0.1) is 6.92 Å². The molecule has 1 unspecified atom stereocenters. The van der Waals surface area contributed by atoms with E-state index in [0.717, 1.165) is 24.1 Å². The van der Waals surface area contributed by atoms with Crippen LogP contribution in [-0.4, -0.2) is 64.8 Å². The van der Waals surface area contributed by atoms with Gasteiger partial charge in [0.25, 0.3) is 11.5 Å². The maximum atomic E-state index is 13.5. The maximum absolute atomic E-state index is 13.5. The Morgan fingerprint density at radius 1 is 1.08 bits per heavy atom. The summed E-state index contributed by atoms with van der Waals surface area (Å²) in [4.78, 5) is 33.9. The van der Waals surface area contributed by atoms with Gasteiger partial charge in [-0.2, -0.15) is 13.2 Å². The zero-order valence-corrected chi connectivity index (χ0v) is 20.2. The minimum absolute atomic E-state index is 0.165. The second-order valence-electron chi connectivity index (χ2n) is 9.61. The van der Waals surface area contributed by atoms with Gasteiger partial charge in [-0.05, 0) is 62.6 Å². The van der Waals surface area contributed by atoms with Crippen LogP contribution in [0.4, 0.5) is 18.9 Å². The molecular formula is C26H28F3N5O2. The van der Waals surface area contributed by atoms with E-state index in [1.165, 1.54) is 22.7 Å². The van der Waals surface area contributed by atoms with Gasteiger partial charge in [-0.3, -0.25) is 19.1 Å². The van der Waals surface area contributed by atoms with Crippen LogP contribution < -0.4 is 15.8 Å². The molecule has 2 aromatic carbocycles. The van der Waals surface area contributed by atoms with Crippen LogP contribution in [0.2, 0.25) is 0 Å². The van der Waals surface area contributed by atoms with Gasteiger partial charge in [0, 0.05) is 43.5 Å². The SMILES string of the molecule is Cc1ccc(C(=O)NC2CC2)cc1-n1cnc2ccc(N3CCN(C(C)C(F)(F)F)CC3)cc2c1=O. The second kappa shape index (κ2) is 9.24. The van der Waals surface area contributed by atoms with E-state index in [2.05, 4.69) is 10.3 Å². The van der Waals surface area contributed by atoms with Crippen LogP contribution in [0.5, 0.6) is 0 Å². The van der Waals surface area contributed by atoms with Crippen molar-refractivity contribution in [3.05, 3.63) is 64.2 Å². The molecule has 1 aliphatic carbocycles. The van der Waals surface area contributed by atoms with E-state index in [9.17, 15) is 22.8 Å². The number of carbonyl (C=O) groups is 1. The first-order chi connectivity index (χ1) is 17.1. The van der Waals surface area contributed by atoms with Gasteiger partial charge in [0.05, 0.1) is 16.6 Å². The number of hydrogen-bond donors (Lipinski definition) is 1. The van der Waals surface area contributed by atoms with Crippen LogP contribution in [0.25, 0.3) is 16.6 Å². The second-order valence-corrected chi connectivity index (χ2v) is 9.61. The summed E-state index contributed by atoms with van der Waals surface area (Å²) in [5, 5.41) is 3.37. The van der Waals surface area contributed by atoms with Crippen molar-refractivity contribution >= 4 is 22.5 Å². The van der Waals surface area contributed by atoms with Crippen LogP contribution in [0.1, 0.15) is 35.7 Å². The van der Waals surface area contributed by atoms with Gasteiger partial charge >= 0.3 is 6.18 Å². The number of rotatable bonds is 5. The largest absolute Gasteiger partial charge is 0.403 e. The van der Waals surface area contributed by atoms with Crippen molar-refractivity contribution < 1.29 is 18.0 Å². The minimum atomic E-state index is -4.25. The molecule has 5 rings (SSSR count). The number of amides is 1. The lowest BCUT2D eigenvalue weighted by molar-refractivity contribution is -0.179. The van der Waals surface area contributed by atoms with Gasteiger partial charge in [-0.25, -0.2) is 4.98 Å².